The first-order valence-corrected chi connectivity index (χ1v) is 5.09. The van der Waals surface area contributed by atoms with Gasteiger partial charge in [-0.3, -0.25) is 4.79 Å². The lowest BCUT2D eigenvalue weighted by Crippen LogP contribution is -2.26. The average Bonchev–Trinajstić information content (AvgIpc) is 2.53. The Morgan fingerprint density at radius 2 is 2.50 bits per heavy atom. The summed E-state index contributed by atoms with van der Waals surface area (Å²) < 4.78 is 0. The third-order valence-electron chi connectivity index (χ3n) is 1.33. The number of alkyl halides is 1. The zero-order valence-electron chi connectivity index (χ0n) is 6.55. The minimum Gasteiger partial charge on any atom is -0.355 e. The van der Waals surface area contributed by atoms with Gasteiger partial charge in [0.2, 0.25) is 5.91 Å². The van der Waals surface area contributed by atoms with E-state index in [1.54, 1.807) is 11.3 Å². The van der Waals surface area contributed by atoms with E-state index in [0.29, 0.717) is 18.8 Å². The van der Waals surface area contributed by atoms with E-state index in [4.69, 9.17) is 11.6 Å². The predicted octanol–water partition coefficient (Wildman–Crippen LogP) is 1.65. The van der Waals surface area contributed by atoms with Gasteiger partial charge >= 0.3 is 0 Å². The van der Waals surface area contributed by atoms with E-state index in [0.717, 1.165) is 4.88 Å². The van der Waals surface area contributed by atoms with Crippen LogP contribution in [0.2, 0.25) is 0 Å². The van der Waals surface area contributed by atoms with E-state index in [9.17, 15) is 4.79 Å². The van der Waals surface area contributed by atoms with E-state index in [-0.39, 0.29) is 5.91 Å². The number of carbonyl (C=O) groups is 1. The van der Waals surface area contributed by atoms with Gasteiger partial charge in [-0.2, -0.15) is 0 Å². The van der Waals surface area contributed by atoms with Gasteiger partial charge in [0.1, 0.15) is 0 Å². The lowest BCUT2D eigenvalue weighted by Gasteiger charge is -1.99. The Morgan fingerprint density at radius 1 is 1.67 bits per heavy atom. The number of thiophene rings is 1. The van der Waals surface area contributed by atoms with Crippen LogP contribution in [-0.2, 0) is 11.2 Å². The van der Waals surface area contributed by atoms with Crippen LogP contribution in [0.3, 0.4) is 0 Å². The van der Waals surface area contributed by atoms with E-state index in [1.807, 2.05) is 17.5 Å². The van der Waals surface area contributed by atoms with Crippen molar-refractivity contribution in [2.24, 2.45) is 0 Å². The molecule has 1 amide bonds. The molecule has 0 aliphatic rings. The summed E-state index contributed by atoms with van der Waals surface area (Å²) in [5.74, 6) is 0.508. The van der Waals surface area contributed by atoms with Crippen molar-refractivity contribution in [3.8, 4) is 0 Å². The minimum absolute atomic E-state index is 0.0399. The Balaban J connectivity index is 2.27. The summed E-state index contributed by atoms with van der Waals surface area (Å²) in [4.78, 5) is 12.2. The lowest BCUT2D eigenvalue weighted by molar-refractivity contribution is -0.120. The molecule has 0 unspecified atom stereocenters. The van der Waals surface area contributed by atoms with E-state index in [2.05, 4.69) is 5.32 Å². The standard InChI is InChI=1S/C8H10ClNOS/c9-3-4-10-8(11)6-7-2-1-5-12-7/h1-2,5H,3-4,6H2,(H,10,11). The van der Waals surface area contributed by atoms with Crippen molar-refractivity contribution >= 4 is 28.8 Å². The maximum atomic E-state index is 11.1. The second-order valence-electron chi connectivity index (χ2n) is 2.30. The molecule has 0 radical (unpaired) electrons. The van der Waals surface area contributed by atoms with Gasteiger partial charge in [0.25, 0.3) is 0 Å². The highest BCUT2D eigenvalue weighted by atomic mass is 35.5. The number of amides is 1. The fourth-order valence-corrected chi connectivity index (χ4v) is 1.62. The zero-order valence-corrected chi connectivity index (χ0v) is 8.12. The van der Waals surface area contributed by atoms with Crippen LogP contribution in [0.1, 0.15) is 4.88 Å². The van der Waals surface area contributed by atoms with Crippen molar-refractivity contribution in [1.29, 1.82) is 0 Å². The highest BCUT2D eigenvalue weighted by Crippen LogP contribution is 2.08. The van der Waals surface area contributed by atoms with Gasteiger partial charge in [0.15, 0.2) is 0 Å². The van der Waals surface area contributed by atoms with Gasteiger partial charge in [0.05, 0.1) is 6.42 Å². The summed E-state index contributed by atoms with van der Waals surface area (Å²) >= 11 is 7.01. The van der Waals surface area contributed by atoms with Crippen molar-refractivity contribution in [3.05, 3.63) is 22.4 Å². The summed E-state index contributed by atoms with van der Waals surface area (Å²) in [6.45, 7) is 0.547. The van der Waals surface area contributed by atoms with Crippen LogP contribution >= 0.6 is 22.9 Å². The van der Waals surface area contributed by atoms with Crippen molar-refractivity contribution in [2.45, 2.75) is 6.42 Å². The Kier molecular flexibility index (Phi) is 4.11. The molecule has 0 aromatic carbocycles. The van der Waals surface area contributed by atoms with Gasteiger partial charge in [-0.05, 0) is 11.4 Å². The molecule has 0 aliphatic heterocycles. The van der Waals surface area contributed by atoms with Crippen LogP contribution in [0.25, 0.3) is 0 Å². The van der Waals surface area contributed by atoms with E-state index >= 15 is 0 Å². The molecule has 1 N–H and O–H groups in total. The molecule has 0 spiro atoms. The number of hydrogen-bond acceptors (Lipinski definition) is 2. The maximum Gasteiger partial charge on any atom is 0.225 e. The fourth-order valence-electron chi connectivity index (χ4n) is 0.821. The molecule has 1 aromatic rings. The summed E-state index contributed by atoms with van der Waals surface area (Å²) in [5, 5.41) is 4.67. The van der Waals surface area contributed by atoms with Crippen molar-refractivity contribution < 1.29 is 4.79 Å². The van der Waals surface area contributed by atoms with Gasteiger partial charge in [0, 0.05) is 17.3 Å². The van der Waals surface area contributed by atoms with E-state index < -0.39 is 0 Å². The van der Waals surface area contributed by atoms with Crippen LogP contribution in [0, 0.1) is 0 Å². The Labute approximate surface area is 80.5 Å². The van der Waals surface area contributed by atoms with Crippen LogP contribution in [0.5, 0.6) is 0 Å². The molecule has 1 heterocycles. The highest BCUT2D eigenvalue weighted by molar-refractivity contribution is 7.10. The summed E-state index contributed by atoms with van der Waals surface area (Å²) in [5.41, 5.74) is 0. The fraction of sp³-hybridized carbons (Fsp3) is 0.375. The molecular weight excluding hydrogens is 194 g/mol. The molecule has 0 saturated carbocycles. The summed E-state index contributed by atoms with van der Waals surface area (Å²) in [6.07, 6.45) is 0.467. The number of hydrogen-bond donors (Lipinski definition) is 1. The molecule has 0 saturated heterocycles. The molecular formula is C8H10ClNOS. The lowest BCUT2D eigenvalue weighted by atomic mass is 10.3. The molecule has 1 rings (SSSR count). The zero-order chi connectivity index (χ0) is 8.81. The van der Waals surface area contributed by atoms with Crippen molar-refractivity contribution in [1.82, 2.24) is 5.32 Å². The molecule has 4 heteroatoms. The Hall–Kier alpha value is -0.540. The number of rotatable bonds is 4. The third-order valence-corrected chi connectivity index (χ3v) is 2.40. The second-order valence-corrected chi connectivity index (χ2v) is 3.71. The molecule has 12 heavy (non-hydrogen) atoms. The average molecular weight is 204 g/mol. The number of halogens is 1. The molecule has 2 nitrogen and oxygen atoms in total. The first-order chi connectivity index (χ1) is 5.83. The van der Waals surface area contributed by atoms with Crippen molar-refractivity contribution in [3.63, 3.8) is 0 Å². The molecule has 1 aromatic heterocycles. The minimum atomic E-state index is 0.0399. The molecule has 0 atom stereocenters. The number of nitrogens with one attached hydrogen (secondary N) is 1. The van der Waals surface area contributed by atoms with Crippen molar-refractivity contribution in [2.75, 3.05) is 12.4 Å². The summed E-state index contributed by atoms with van der Waals surface area (Å²) in [6, 6.07) is 3.89. The van der Waals surface area contributed by atoms with Crippen LogP contribution < -0.4 is 5.32 Å². The number of carbonyl (C=O) groups excluding carboxylic acids is 1. The second kappa shape index (κ2) is 5.17. The van der Waals surface area contributed by atoms with Gasteiger partial charge in [-0.1, -0.05) is 6.07 Å². The first-order valence-electron chi connectivity index (χ1n) is 3.68. The molecule has 66 valence electrons. The third kappa shape index (κ3) is 3.24. The molecule has 0 bridgehead atoms. The van der Waals surface area contributed by atoms with Crippen LogP contribution in [0.15, 0.2) is 17.5 Å². The maximum absolute atomic E-state index is 11.1. The molecule has 0 aliphatic carbocycles. The predicted molar refractivity (Wildman–Crippen MR) is 51.8 cm³/mol. The first kappa shape index (κ1) is 9.55. The highest BCUT2D eigenvalue weighted by Gasteiger charge is 2.01. The normalized spacial score (nSPS) is 9.75. The monoisotopic (exact) mass is 203 g/mol. The van der Waals surface area contributed by atoms with E-state index in [1.165, 1.54) is 0 Å². The largest absolute Gasteiger partial charge is 0.355 e. The van der Waals surface area contributed by atoms with Gasteiger partial charge in [-0.25, -0.2) is 0 Å². The quantitative estimate of drug-likeness (QED) is 0.741. The van der Waals surface area contributed by atoms with Crippen LogP contribution in [-0.4, -0.2) is 18.3 Å². The molecule has 0 fully saturated rings. The Bertz CT molecular complexity index is 235. The Morgan fingerprint density at radius 3 is 3.08 bits per heavy atom. The summed E-state index contributed by atoms with van der Waals surface area (Å²) in [7, 11) is 0. The van der Waals surface area contributed by atoms with Crippen LogP contribution in [0.4, 0.5) is 0 Å². The van der Waals surface area contributed by atoms with Gasteiger partial charge < -0.3 is 5.32 Å². The topological polar surface area (TPSA) is 29.1 Å². The SMILES string of the molecule is O=C(Cc1cccs1)NCCCl. The smallest absolute Gasteiger partial charge is 0.225 e. The van der Waals surface area contributed by atoms with Gasteiger partial charge in [-0.15, -0.1) is 22.9 Å².